The van der Waals surface area contributed by atoms with Gasteiger partial charge in [-0.05, 0) is 19.9 Å². The molecular formula is C15H22Cl2N2O4. The van der Waals surface area contributed by atoms with Crippen LogP contribution in [0, 0.1) is 5.92 Å². The van der Waals surface area contributed by atoms with E-state index in [4.69, 9.17) is 26.8 Å². The maximum absolute atomic E-state index is 12.2. The summed E-state index contributed by atoms with van der Waals surface area (Å²) in [4.78, 5) is 23.9. The van der Waals surface area contributed by atoms with Crippen LogP contribution in [0.15, 0.2) is 12.1 Å². The molecule has 0 heterocycles. The highest BCUT2D eigenvalue weighted by atomic mass is 35.5. The molecule has 1 rings (SSSR count). The van der Waals surface area contributed by atoms with Crippen molar-refractivity contribution in [3.8, 4) is 5.75 Å². The van der Waals surface area contributed by atoms with Crippen molar-refractivity contribution in [1.82, 2.24) is 5.32 Å². The number of halogens is 2. The van der Waals surface area contributed by atoms with Crippen molar-refractivity contribution >= 4 is 41.6 Å². The van der Waals surface area contributed by atoms with Crippen molar-refractivity contribution < 1.29 is 19.1 Å². The largest absolute Gasteiger partial charge is 0.496 e. The minimum Gasteiger partial charge on any atom is -0.496 e. The zero-order valence-corrected chi connectivity index (χ0v) is 15.1. The van der Waals surface area contributed by atoms with Crippen molar-refractivity contribution in [3.05, 3.63) is 22.7 Å². The third kappa shape index (κ3) is 6.15. The van der Waals surface area contributed by atoms with Crippen molar-refractivity contribution in [3.63, 3.8) is 0 Å². The molecule has 1 unspecified atom stereocenters. The van der Waals surface area contributed by atoms with E-state index < -0.39 is 11.8 Å². The Bertz CT molecular complexity index is 565. The van der Waals surface area contributed by atoms with Gasteiger partial charge in [0.2, 0.25) is 0 Å². The number of carbonyl (C=O) groups is 2. The molecular weight excluding hydrogens is 343 g/mol. The Labute approximate surface area is 147 Å². The van der Waals surface area contributed by atoms with Gasteiger partial charge >= 0.3 is 5.97 Å². The van der Waals surface area contributed by atoms with Gasteiger partial charge in [0.25, 0.3) is 5.91 Å². The number of carbonyl (C=O) groups excluding carboxylic acids is 2. The number of anilines is 1. The van der Waals surface area contributed by atoms with Crippen molar-refractivity contribution in [2.75, 3.05) is 19.4 Å². The Morgan fingerprint density at radius 1 is 1.30 bits per heavy atom. The molecule has 0 spiro atoms. The monoisotopic (exact) mass is 364 g/mol. The summed E-state index contributed by atoms with van der Waals surface area (Å²) in [5.74, 6) is -0.904. The number of nitrogens with one attached hydrogen (secondary N) is 1. The quantitative estimate of drug-likeness (QED) is 0.598. The molecule has 0 bridgehead atoms. The first-order valence-corrected chi connectivity index (χ1v) is 7.25. The molecule has 0 aliphatic rings. The van der Waals surface area contributed by atoms with E-state index in [0.29, 0.717) is 11.4 Å². The van der Waals surface area contributed by atoms with E-state index in [-0.39, 0.29) is 41.6 Å². The van der Waals surface area contributed by atoms with Crippen LogP contribution in [0.25, 0.3) is 0 Å². The zero-order chi connectivity index (χ0) is 16.9. The molecule has 8 heteroatoms. The van der Waals surface area contributed by atoms with Gasteiger partial charge < -0.3 is 20.5 Å². The molecule has 1 atom stereocenters. The van der Waals surface area contributed by atoms with Crippen LogP contribution >= 0.6 is 24.0 Å². The molecule has 0 saturated heterocycles. The number of nitrogen functional groups attached to an aromatic ring is 1. The number of amides is 1. The minimum atomic E-state index is -0.457. The van der Waals surface area contributed by atoms with Gasteiger partial charge in [0.1, 0.15) is 5.75 Å². The zero-order valence-electron chi connectivity index (χ0n) is 13.5. The van der Waals surface area contributed by atoms with E-state index in [0.717, 1.165) is 0 Å². The SMILES string of the molecule is COc1cc(N)c(Cl)cc1C(=O)NCC(C)C(=O)OC(C)C.Cl. The molecule has 6 nitrogen and oxygen atoms in total. The average molecular weight is 365 g/mol. The molecule has 1 aromatic rings. The van der Waals surface area contributed by atoms with Crippen LogP contribution in [0.1, 0.15) is 31.1 Å². The summed E-state index contributed by atoms with van der Waals surface area (Å²) in [6.07, 6.45) is -0.193. The van der Waals surface area contributed by atoms with E-state index in [9.17, 15) is 9.59 Å². The fourth-order valence-corrected chi connectivity index (χ4v) is 1.85. The van der Waals surface area contributed by atoms with Crippen LogP contribution in [0.2, 0.25) is 5.02 Å². The number of methoxy groups -OCH3 is 1. The summed E-state index contributed by atoms with van der Waals surface area (Å²) in [5, 5.41) is 2.92. The second-order valence-electron chi connectivity index (χ2n) is 5.17. The van der Waals surface area contributed by atoms with Gasteiger partial charge in [-0.3, -0.25) is 9.59 Å². The summed E-state index contributed by atoms with van der Waals surface area (Å²) < 4.78 is 10.2. The van der Waals surface area contributed by atoms with Crippen LogP contribution in [0.5, 0.6) is 5.75 Å². The summed E-state index contributed by atoms with van der Waals surface area (Å²) in [6, 6.07) is 2.91. The molecule has 0 aliphatic carbocycles. The van der Waals surface area contributed by atoms with Crippen LogP contribution < -0.4 is 15.8 Å². The first kappa shape index (κ1) is 21.3. The Morgan fingerprint density at radius 3 is 2.43 bits per heavy atom. The smallest absolute Gasteiger partial charge is 0.310 e. The van der Waals surface area contributed by atoms with Gasteiger partial charge in [-0.15, -0.1) is 12.4 Å². The standard InChI is InChI=1S/C15H21ClN2O4.ClH/c1-8(2)22-15(20)9(3)7-18-14(19)10-5-11(16)12(17)6-13(10)21-4;/h5-6,8-9H,7,17H2,1-4H3,(H,18,19);1H. The Kier molecular flexibility index (Phi) is 8.79. The predicted octanol–water partition coefficient (Wildman–Crippen LogP) is 2.67. The number of hydrogen-bond acceptors (Lipinski definition) is 5. The molecule has 0 saturated carbocycles. The van der Waals surface area contributed by atoms with Gasteiger partial charge in [0.15, 0.2) is 0 Å². The van der Waals surface area contributed by atoms with E-state index in [1.807, 2.05) is 0 Å². The third-order valence-electron chi connectivity index (χ3n) is 2.89. The molecule has 3 N–H and O–H groups in total. The van der Waals surface area contributed by atoms with Gasteiger partial charge in [-0.25, -0.2) is 0 Å². The molecule has 0 fully saturated rings. The fourth-order valence-electron chi connectivity index (χ4n) is 1.69. The Balaban J connectivity index is 0.00000484. The molecule has 130 valence electrons. The summed E-state index contributed by atoms with van der Waals surface area (Å²) in [5.41, 5.74) is 6.25. The van der Waals surface area contributed by atoms with E-state index in [1.54, 1.807) is 20.8 Å². The first-order valence-electron chi connectivity index (χ1n) is 6.88. The maximum atomic E-state index is 12.2. The predicted molar refractivity (Wildman–Crippen MR) is 92.4 cm³/mol. The summed E-state index contributed by atoms with van der Waals surface area (Å²) in [6.45, 7) is 5.36. The van der Waals surface area contributed by atoms with Crippen LogP contribution in [-0.4, -0.2) is 31.6 Å². The lowest BCUT2D eigenvalue weighted by atomic mass is 10.1. The molecule has 0 aliphatic heterocycles. The number of ether oxygens (including phenoxy) is 2. The lowest BCUT2D eigenvalue weighted by Crippen LogP contribution is -2.33. The van der Waals surface area contributed by atoms with E-state index in [1.165, 1.54) is 19.2 Å². The summed E-state index contributed by atoms with van der Waals surface area (Å²) in [7, 11) is 1.43. The van der Waals surface area contributed by atoms with Crippen molar-refractivity contribution in [2.24, 2.45) is 5.92 Å². The minimum absolute atomic E-state index is 0. The highest BCUT2D eigenvalue weighted by Gasteiger charge is 2.19. The Morgan fingerprint density at radius 2 is 1.91 bits per heavy atom. The number of nitrogens with two attached hydrogens (primary N) is 1. The van der Waals surface area contributed by atoms with Gasteiger partial charge in [0.05, 0.1) is 35.4 Å². The number of benzene rings is 1. The van der Waals surface area contributed by atoms with Crippen molar-refractivity contribution in [2.45, 2.75) is 26.9 Å². The molecule has 0 aromatic heterocycles. The van der Waals surface area contributed by atoms with Gasteiger partial charge in [0, 0.05) is 12.6 Å². The molecule has 1 amide bonds. The van der Waals surface area contributed by atoms with Gasteiger partial charge in [-0.1, -0.05) is 18.5 Å². The normalized spacial score (nSPS) is 11.4. The second kappa shape index (κ2) is 9.47. The average Bonchev–Trinajstić information content (AvgIpc) is 2.45. The van der Waals surface area contributed by atoms with Crippen molar-refractivity contribution in [1.29, 1.82) is 0 Å². The van der Waals surface area contributed by atoms with E-state index >= 15 is 0 Å². The molecule has 23 heavy (non-hydrogen) atoms. The number of esters is 1. The lowest BCUT2D eigenvalue weighted by Gasteiger charge is -2.15. The second-order valence-corrected chi connectivity index (χ2v) is 5.58. The fraction of sp³-hybridized carbons (Fsp3) is 0.467. The van der Waals surface area contributed by atoms with Crippen LogP contribution in [0.3, 0.4) is 0 Å². The van der Waals surface area contributed by atoms with Gasteiger partial charge in [-0.2, -0.15) is 0 Å². The first-order chi connectivity index (χ1) is 10.3. The van der Waals surface area contributed by atoms with E-state index in [2.05, 4.69) is 5.32 Å². The van der Waals surface area contributed by atoms with Crippen LogP contribution in [0.4, 0.5) is 5.69 Å². The number of rotatable bonds is 6. The lowest BCUT2D eigenvalue weighted by molar-refractivity contribution is -0.151. The highest BCUT2D eigenvalue weighted by molar-refractivity contribution is 6.33. The summed E-state index contributed by atoms with van der Waals surface area (Å²) >= 11 is 5.92. The van der Waals surface area contributed by atoms with Crippen LogP contribution in [-0.2, 0) is 9.53 Å². The highest BCUT2D eigenvalue weighted by Crippen LogP contribution is 2.28. The third-order valence-corrected chi connectivity index (χ3v) is 3.21. The molecule has 0 radical (unpaired) electrons. The number of hydrogen-bond donors (Lipinski definition) is 2. The maximum Gasteiger partial charge on any atom is 0.310 e. The molecule has 1 aromatic carbocycles. The topological polar surface area (TPSA) is 90.6 Å². The Hall–Kier alpha value is -1.66.